The molecule has 0 aromatic heterocycles. The Morgan fingerprint density at radius 3 is 1.19 bits per heavy atom. The van der Waals surface area contributed by atoms with E-state index in [-0.39, 0.29) is 25.7 Å². The highest BCUT2D eigenvalue weighted by Gasteiger charge is 2.37. The van der Waals surface area contributed by atoms with Crippen LogP contribution < -0.4 is 0 Å². The smallest absolute Gasteiger partial charge is 0.391 e. The molecule has 0 aliphatic heterocycles. The Hall–Kier alpha value is -1.89. The van der Waals surface area contributed by atoms with Gasteiger partial charge in [0.25, 0.3) is 0 Å². The lowest BCUT2D eigenvalue weighted by Gasteiger charge is -2.25. The maximum atomic E-state index is 12.8. The molecule has 0 heterocycles. The van der Waals surface area contributed by atoms with Gasteiger partial charge in [0.2, 0.25) is 5.78 Å². The van der Waals surface area contributed by atoms with Crippen LogP contribution in [0.5, 0.6) is 0 Å². The van der Waals surface area contributed by atoms with Gasteiger partial charge in [0.15, 0.2) is 12.2 Å². The number of rotatable bonds is 14. The minimum absolute atomic E-state index is 0.318. The average Bonchev–Trinajstić information content (AvgIpc) is 2.62. The molecule has 0 rings (SSSR count). The number of esters is 2. The van der Waals surface area contributed by atoms with Crippen molar-refractivity contribution in [3.8, 4) is 0 Å². The number of alkyl halides is 6. The van der Waals surface area contributed by atoms with Crippen molar-refractivity contribution in [1.82, 2.24) is 0 Å². The Morgan fingerprint density at radius 2 is 0.969 bits per heavy atom. The number of Topliss-reactive ketones (excluding diaryl/α,β-unsaturated/α-hetero) is 1. The molecule has 7 nitrogen and oxygen atoms in total. The lowest BCUT2D eigenvalue weighted by atomic mass is 9.97. The van der Waals surface area contributed by atoms with Crippen LogP contribution in [0.15, 0.2) is 0 Å². The summed E-state index contributed by atoms with van der Waals surface area (Å²) in [5.74, 6) is -2.79. The Bertz CT molecular complexity index is 556. The van der Waals surface area contributed by atoms with Crippen LogP contribution in [0, 0.1) is 0 Å². The first-order valence-corrected chi connectivity index (χ1v) is 9.65. The number of carbonyl (C=O) groups excluding carboxylic acids is 3. The molecule has 32 heavy (non-hydrogen) atoms. The van der Waals surface area contributed by atoms with Crippen molar-refractivity contribution in [3.63, 3.8) is 0 Å². The maximum absolute atomic E-state index is 12.8. The predicted octanol–water partition coefficient (Wildman–Crippen LogP) is 3.91. The van der Waals surface area contributed by atoms with Crippen molar-refractivity contribution in [1.29, 1.82) is 0 Å². The van der Waals surface area contributed by atoms with Gasteiger partial charge in [-0.3, -0.25) is 14.4 Å². The summed E-state index contributed by atoms with van der Waals surface area (Å²) in [7, 11) is 2.10. The van der Waals surface area contributed by atoms with Gasteiger partial charge in [-0.05, 0) is 25.7 Å². The molecule has 13 heteroatoms. The summed E-state index contributed by atoms with van der Waals surface area (Å²) in [6.45, 7) is 1.93. The van der Waals surface area contributed by atoms with E-state index in [1.165, 1.54) is 0 Å². The molecule has 0 N–H and O–H groups in total. The SMILES string of the molecule is COC(CCC(OC(C)=O)C(=O)C(CCC(CC(F)(F)F)OC)OC(C)=O)CC(F)(F)F. The van der Waals surface area contributed by atoms with Gasteiger partial charge >= 0.3 is 24.3 Å². The highest BCUT2D eigenvalue weighted by Crippen LogP contribution is 2.27. The molecule has 0 aromatic rings. The topological polar surface area (TPSA) is 88.1 Å². The summed E-state index contributed by atoms with van der Waals surface area (Å²) in [6, 6.07) is 0. The summed E-state index contributed by atoms with van der Waals surface area (Å²) < 4.78 is 94.9. The zero-order chi connectivity index (χ0) is 25.1. The van der Waals surface area contributed by atoms with E-state index in [0.29, 0.717) is 0 Å². The summed E-state index contributed by atoms with van der Waals surface area (Å²) >= 11 is 0. The van der Waals surface area contributed by atoms with Crippen LogP contribution in [0.1, 0.15) is 52.4 Å². The Labute approximate surface area is 181 Å². The van der Waals surface area contributed by atoms with E-state index in [2.05, 4.69) is 0 Å². The molecular weight excluding hydrogens is 454 g/mol. The van der Waals surface area contributed by atoms with E-state index in [0.717, 1.165) is 28.1 Å². The van der Waals surface area contributed by atoms with Crippen LogP contribution in [0.4, 0.5) is 26.3 Å². The van der Waals surface area contributed by atoms with Crippen LogP contribution in [0.2, 0.25) is 0 Å². The van der Waals surface area contributed by atoms with Gasteiger partial charge in [0, 0.05) is 28.1 Å². The highest BCUT2D eigenvalue weighted by molar-refractivity contribution is 5.90. The molecule has 4 atom stereocenters. The number of ketones is 1. The second-order valence-electron chi connectivity index (χ2n) is 7.11. The molecule has 0 amide bonds. The maximum Gasteiger partial charge on any atom is 0.391 e. The summed E-state index contributed by atoms with van der Waals surface area (Å²) in [4.78, 5) is 35.6. The van der Waals surface area contributed by atoms with Crippen molar-refractivity contribution in [3.05, 3.63) is 0 Å². The first-order valence-electron chi connectivity index (χ1n) is 9.65. The van der Waals surface area contributed by atoms with E-state index in [4.69, 9.17) is 18.9 Å². The van der Waals surface area contributed by atoms with E-state index in [9.17, 15) is 40.7 Å². The molecule has 0 bridgehead atoms. The molecule has 188 valence electrons. The molecular formula is C19H28F6O7. The quantitative estimate of drug-likeness (QED) is 0.274. The lowest BCUT2D eigenvalue weighted by molar-refractivity contribution is -0.168. The largest absolute Gasteiger partial charge is 0.454 e. The second kappa shape index (κ2) is 13.6. The van der Waals surface area contributed by atoms with Gasteiger partial charge in [-0.2, -0.15) is 26.3 Å². The van der Waals surface area contributed by atoms with E-state index in [1.807, 2.05) is 0 Å². The normalized spacial score (nSPS) is 16.1. The van der Waals surface area contributed by atoms with E-state index in [1.54, 1.807) is 0 Å². The van der Waals surface area contributed by atoms with Crippen LogP contribution >= 0.6 is 0 Å². The number of halogens is 6. The average molecular weight is 482 g/mol. The number of carbonyl (C=O) groups is 3. The molecule has 0 radical (unpaired) electrons. The Balaban J connectivity index is 5.37. The minimum atomic E-state index is -4.53. The van der Waals surface area contributed by atoms with Gasteiger partial charge in [-0.1, -0.05) is 0 Å². The van der Waals surface area contributed by atoms with Gasteiger partial charge in [0.05, 0.1) is 25.0 Å². The van der Waals surface area contributed by atoms with Gasteiger partial charge < -0.3 is 18.9 Å². The summed E-state index contributed by atoms with van der Waals surface area (Å²) in [5, 5.41) is 0. The zero-order valence-electron chi connectivity index (χ0n) is 18.2. The number of hydrogen-bond acceptors (Lipinski definition) is 7. The third kappa shape index (κ3) is 14.2. The number of ether oxygens (including phenoxy) is 4. The predicted molar refractivity (Wildman–Crippen MR) is 97.5 cm³/mol. The van der Waals surface area contributed by atoms with Crippen molar-refractivity contribution in [2.45, 2.75) is 89.1 Å². The van der Waals surface area contributed by atoms with E-state index < -0.39 is 67.3 Å². The third-order valence-electron chi connectivity index (χ3n) is 4.34. The molecule has 0 spiro atoms. The molecule has 0 saturated carbocycles. The highest BCUT2D eigenvalue weighted by atomic mass is 19.4. The van der Waals surface area contributed by atoms with Gasteiger partial charge in [-0.25, -0.2) is 0 Å². The van der Waals surface area contributed by atoms with Gasteiger partial charge in [-0.15, -0.1) is 0 Å². The summed E-state index contributed by atoms with van der Waals surface area (Å²) in [6.07, 6.45) is -18.8. The lowest BCUT2D eigenvalue weighted by Crippen LogP contribution is -2.39. The monoisotopic (exact) mass is 482 g/mol. The van der Waals surface area contributed by atoms with Crippen LogP contribution in [0.3, 0.4) is 0 Å². The van der Waals surface area contributed by atoms with Crippen LogP contribution in [-0.4, -0.2) is 68.7 Å². The first kappa shape index (κ1) is 30.1. The molecule has 0 aromatic carbocycles. The number of hydrogen-bond donors (Lipinski definition) is 0. The first-order chi connectivity index (χ1) is 14.6. The fraction of sp³-hybridized carbons (Fsp3) is 0.842. The molecule has 0 saturated heterocycles. The molecule has 0 fully saturated rings. The second-order valence-corrected chi connectivity index (χ2v) is 7.11. The van der Waals surface area contributed by atoms with Crippen LogP contribution in [-0.2, 0) is 33.3 Å². The van der Waals surface area contributed by atoms with E-state index >= 15 is 0 Å². The van der Waals surface area contributed by atoms with Crippen molar-refractivity contribution >= 4 is 17.7 Å². The fourth-order valence-corrected chi connectivity index (χ4v) is 2.92. The molecule has 4 unspecified atom stereocenters. The number of methoxy groups -OCH3 is 2. The van der Waals surface area contributed by atoms with Crippen molar-refractivity contribution < 1.29 is 59.7 Å². The third-order valence-corrected chi connectivity index (χ3v) is 4.34. The van der Waals surface area contributed by atoms with Crippen molar-refractivity contribution in [2.24, 2.45) is 0 Å². The Kier molecular flexibility index (Phi) is 12.8. The summed E-state index contributed by atoms with van der Waals surface area (Å²) in [5.41, 5.74) is 0. The zero-order valence-corrected chi connectivity index (χ0v) is 18.2. The van der Waals surface area contributed by atoms with Crippen LogP contribution in [0.25, 0.3) is 0 Å². The fourth-order valence-electron chi connectivity index (χ4n) is 2.92. The van der Waals surface area contributed by atoms with Gasteiger partial charge in [0.1, 0.15) is 0 Å². The Morgan fingerprint density at radius 1 is 0.656 bits per heavy atom. The standard InChI is InChI=1S/C19H28F6O7/c1-11(26)31-15(7-5-13(29-3)9-18(20,21)22)17(28)16(32-12(2)27)8-6-14(30-4)10-19(23,24)25/h13-16H,5-10H2,1-4H3. The molecule has 0 aliphatic carbocycles. The van der Waals surface area contributed by atoms with Crippen molar-refractivity contribution in [2.75, 3.05) is 14.2 Å². The molecule has 0 aliphatic rings. The minimum Gasteiger partial charge on any atom is -0.454 e.